The van der Waals surface area contributed by atoms with Gasteiger partial charge in [0.1, 0.15) is 0 Å². The average Bonchev–Trinajstić information content (AvgIpc) is 2.39. The van der Waals surface area contributed by atoms with Crippen LogP contribution in [0.5, 0.6) is 0 Å². The Kier molecular flexibility index (Phi) is 6.22. The highest BCUT2D eigenvalue weighted by Gasteiger charge is 2.16. The van der Waals surface area contributed by atoms with Gasteiger partial charge < -0.3 is 15.4 Å². The molecule has 0 aromatic carbocycles. The maximum absolute atomic E-state index is 5.63. The van der Waals surface area contributed by atoms with Gasteiger partial charge >= 0.3 is 0 Å². The molecule has 1 aliphatic rings. The maximum atomic E-state index is 5.63. The summed E-state index contributed by atoms with van der Waals surface area (Å²) in [6.07, 6.45) is 3.98. The molecular weight excluding hydrogens is 188 g/mol. The predicted octanol–water partition coefficient (Wildman–Crippen LogP) is 1.47. The molecule has 0 bridgehead atoms. The zero-order valence-corrected chi connectivity index (χ0v) is 10.2. The molecule has 3 heteroatoms. The molecule has 0 aromatic heterocycles. The van der Waals surface area contributed by atoms with E-state index in [-0.39, 0.29) is 0 Å². The number of nitrogens with two attached hydrogens (primary N) is 1. The lowest BCUT2D eigenvalue weighted by Gasteiger charge is -2.25. The van der Waals surface area contributed by atoms with Crippen molar-refractivity contribution in [3.05, 3.63) is 0 Å². The van der Waals surface area contributed by atoms with Crippen molar-refractivity contribution < 1.29 is 4.74 Å². The maximum Gasteiger partial charge on any atom is 0.0673 e. The van der Waals surface area contributed by atoms with E-state index in [1.807, 2.05) is 0 Å². The Balaban J connectivity index is 2.22. The van der Waals surface area contributed by atoms with Crippen LogP contribution in [0.25, 0.3) is 0 Å². The van der Waals surface area contributed by atoms with Crippen LogP contribution < -0.4 is 5.73 Å². The molecule has 2 atom stereocenters. The second kappa shape index (κ2) is 7.20. The predicted molar refractivity (Wildman–Crippen MR) is 63.9 cm³/mol. The molecule has 1 fully saturated rings. The SMILES string of the molecule is CC(CCCN)CN1CCCOC(C)C1. The van der Waals surface area contributed by atoms with Crippen LogP contribution >= 0.6 is 0 Å². The largest absolute Gasteiger partial charge is 0.377 e. The number of ether oxygens (including phenoxy) is 1. The molecule has 1 aliphatic heterocycles. The first kappa shape index (κ1) is 12.9. The summed E-state index contributed by atoms with van der Waals surface area (Å²) < 4.78 is 5.63. The second-order valence-electron chi connectivity index (χ2n) is 4.83. The van der Waals surface area contributed by atoms with Crippen molar-refractivity contribution in [2.24, 2.45) is 11.7 Å². The van der Waals surface area contributed by atoms with Crippen LogP contribution in [0.4, 0.5) is 0 Å². The molecule has 0 saturated carbocycles. The number of hydrogen-bond acceptors (Lipinski definition) is 3. The molecule has 1 rings (SSSR count). The summed E-state index contributed by atoms with van der Waals surface area (Å²) in [5.41, 5.74) is 5.52. The van der Waals surface area contributed by atoms with Crippen LogP contribution in [0.3, 0.4) is 0 Å². The summed E-state index contributed by atoms with van der Waals surface area (Å²) in [6, 6.07) is 0. The van der Waals surface area contributed by atoms with Crippen LogP contribution in [-0.4, -0.2) is 43.8 Å². The van der Waals surface area contributed by atoms with Crippen LogP contribution in [0.15, 0.2) is 0 Å². The lowest BCUT2D eigenvalue weighted by molar-refractivity contribution is 0.0657. The first-order valence-corrected chi connectivity index (χ1v) is 6.26. The summed E-state index contributed by atoms with van der Waals surface area (Å²) in [6.45, 7) is 9.73. The molecule has 90 valence electrons. The molecule has 15 heavy (non-hydrogen) atoms. The van der Waals surface area contributed by atoms with Crippen molar-refractivity contribution in [2.45, 2.75) is 39.2 Å². The summed E-state index contributed by atoms with van der Waals surface area (Å²) in [4.78, 5) is 2.54. The summed E-state index contributed by atoms with van der Waals surface area (Å²) >= 11 is 0. The van der Waals surface area contributed by atoms with E-state index in [9.17, 15) is 0 Å². The van der Waals surface area contributed by atoms with Crippen molar-refractivity contribution in [1.29, 1.82) is 0 Å². The Morgan fingerprint density at radius 2 is 2.33 bits per heavy atom. The Hall–Kier alpha value is -0.120. The number of rotatable bonds is 5. The lowest BCUT2D eigenvalue weighted by Crippen LogP contribution is -2.34. The standard InChI is InChI=1S/C12H26N2O/c1-11(5-3-6-13)9-14-7-4-8-15-12(2)10-14/h11-12H,3-10,13H2,1-2H3. The third-order valence-corrected chi connectivity index (χ3v) is 3.01. The molecule has 0 radical (unpaired) electrons. The van der Waals surface area contributed by atoms with Gasteiger partial charge in [-0.05, 0) is 38.6 Å². The van der Waals surface area contributed by atoms with E-state index in [0.717, 1.165) is 32.0 Å². The molecule has 0 aliphatic carbocycles. The minimum absolute atomic E-state index is 0.397. The topological polar surface area (TPSA) is 38.5 Å². The van der Waals surface area contributed by atoms with Crippen LogP contribution in [0.2, 0.25) is 0 Å². The minimum Gasteiger partial charge on any atom is -0.377 e. The molecular formula is C12H26N2O. The first-order valence-electron chi connectivity index (χ1n) is 6.26. The fourth-order valence-electron chi connectivity index (χ4n) is 2.24. The van der Waals surface area contributed by atoms with Gasteiger partial charge in [-0.2, -0.15) is 0 Å². The van der Waals surface area contributed by atoms with Crippen molar-refractivity contribution in [3.63, 3.8) is 0 Å². The monoisotopic (exact) mass is 214 g/mol. The molecule has 1 saturated heterocycles. The Labute approximate surface area is 94.0 Å². The quantitative estimate of drug-likeness (QED) is 0.753. The van der Waals surface area contributed by atoms with Crippen LogP contribution in [0, 0.1) is 5.92 Å². The van der Waals surface area contributed by atoms with E-state index >= 15 is 0 Å². The Bertz CT molecular complexity index is 164. The van der Waals surface area contributed by atoms with E-state index in [1.54, 1.807) is 0 Å². The van der Waals surface area contributed by atoms with E-state index in [0.29, 0.717) is 6.10 Å². The van der Waals surface area contributed by atoms with Gasteiger partial charge in [-0.25, -0.2) is 0 Å². The van der Waals surface area contributed by atoms with E-state index < -0.39 is 0 Å². The van der Waals surface area contributed by atoms with Gasteiger partial charge in [0.25, 0.3) is 0 Å². The second-order valence-corrected chi connectivity index (χ2v) is 4.83. The van der Waals surface area contributed by atoms with Gasteiger partial charge in [-0.15, -0.1) is 0 Å². The first-order chi connectivity index (χ1) is 7.22. The fourth-order valence-corrected chi connectivity index (χ4v) is 2.24. The number of hydrogen-bond donors (Lipinski definition) is 1. The van der Waals surface area contributed by atoms with E-state index in [4.69, 9.17) is 10.5 Å². The lowest BCUT2D eigenvalue weighted by atomic mass is 10.0. The van der Waals surface area contributed by atoms with Gasteiger partial charge in [0.05, 0.1) is 6.10 Å². The van der Waals surface area contributed by atoms with Crippen LogP contribution in [0.1, 0.15) is 33.1 Å². The zero-order valence-electron chi connectivity index (χ0n) is 10.2. The Morgan fingerprint density at radius 3 is 3.07 bits per heavy atom. The van der Waals surface area contributed by atoms with Crippen molar-refractivity contribution in [3.8, 4) is 0 Å². The van der Waals surface area contributed by atoms with Gasteiger partial charge in [0.15, 0.2) is 0 Å². The van der Waals surface area contributed by atoms with Gasteiger partial charge in [-0.1, -0.05) is 6.92 Å². The number of nitrogens with zero attached hydrogens (tertiary/aromatic N) is 1. The van der Waals surface area contributed by atoms with Crippen molar-refractivity contribution in [1.82, 2.24) is 4.90 Å². The zero-order chi connectivity index (χ0) is 11.1. The molecule has 0 aromatic rings. The summed E-state index contributed by atoms with van der Waals surface area (Å²) in [7, 11) is 0. The van der Waals surface area contributed by atoms with E-state index in [1.165, 1.54) is 25.9 Å². The molecule has 3 nitrogen and oxygen atoms in total. The Morgan fingerprint density at radius 1 is 1.53 bits per heavy atom. The van der Waals surface area contributed by atoms with Gasteiger partial charge in [-0.3, -0.25) is 0 Å². The summed E-state index contributed by atoms with van der Waals surface area (Å²) in [5.74, 6) is 0.763. The van der Waals surface area contributed by atoms with Crippen LogP contribution in [-0.2, 0) is 4.74 Å². The third kappa shape index (κ3) is 5.50. The molecule has 1 heterocycles. The van der Waals surface area contributed by atoms with Gasteiger partial charge in [0.2, 0.25) is 0 Å². The smallest absolute Gasteiger partial charge is 0.0673 e. The average molecular weight is 214 g/mol. The minimum atomic E-state index is 0.397. The molecule has 2 unspecified atom stereocenters. The third-order valence-electron chi connectivity index (χ3n) is 3.01. The summed E-state index contributed by atoms with van der Waals surface area (Å²) in [5, 5.41) is 0. The normalized spacial score (nSPS) is 26.2. The molecule has 0 amide bonds. The van der Waals surface area contributed by atoms with E-state index in [2.05, 4.69) is 18.7 Å². The van der Waals surface area contributed by atoms with Crippen molar-refractivity contribution >= 4 is 0 Å². The fraction of sp³-hybridized carbons (Fsp3) is 1.00. The molecule has 2 N–H and O–H groups in total. The highest BCUT2D eigenvalue weighted by Crippen LogP contribution is 2.11. The highest BCUT2D eigenvalue weighted by molar-refractivity contribution is 4.69. The van der Waals surface area contributed by atoms with Crippen molar-refractivity contribution in [2.75, 3.05) is 32.8 Å². The highest BCUT2D eigenvalue weighted by atomic mass is 16.5. The molecule has 0 spiro atoms. The van der Waals surface area contributed by atoms with Gasteiger partial charge in [0, 0.05) is 26.2 Å².